The average molecular weight is 521 g/mol. The third-order valence-electron chi connectivity index (χ3n) is 9.31. The number of piperazine rings is 1. The number of nitriles is 1. The maximum absolute atomic E-state index is 14.2. The molecule has 3 aliphatic rings. The van der Waals surface area contributed by atoms with Crippen molar-refractivity contribution in [2.24, 2.45) is 11.8 Å². The Hall–Kier alpha value is -2.66. The monoisotopic (exact) mass is 520 g/mol. The van der Waals surface area contributed by atoms with Crippen LogP contribution in [0.25, 0.3) is 11.0 Å². The Labute approximate surface area is 223 Å². The first-order chi connectivity index (χ1) is 17.9. The molecule has 194 valence electrons. The highest BCUT2D eigenvalue weighted by Crippen LogP contribution is 2.69. The third-order valence-corrected chi connectivity index (χ3v) is 9.60. The van der Waals surface area contributed by atoms with Crippen LogP contribution in [0.15, 0.2) is 36.4 Å². The minimum absolute atomic E-state index is 0.101. The van der Waals surface area contributed by atoms with Crippen molar-refractivity contribution in [3.05, 3.63) is 58.4 Å². The Morgan fingerprint density at radius 1 is 1.22 bits per heavy atom. The number of H-pyrrole nitrogens is 1. The van der Waals surface area contributed by atoms with Gasteiger partial charge in [-0.2, -0.15) is 5.26 Å². The van der Waals surface area contributed by atoms with Gasteiger partial charge in [-0.1, -0.05) is 30.7 Å². The Bertz CT molecular complexity index is 1290. The van der Waals surface area contributed by atoms with Crippen LogP contribution in [0.5, 0.6) is 0 Å². The van der Waals surface area contributed by atoms with Gasteiger partial charge in [0.2, 0.25) is 5.95 Å². The maximum Gasteiger partial charge on any atom is 0.204 e. The number of likely N-dealkylation sites (N-methyl/N-ethyl adjacent to an activating group) is 1. The van der Waals surface area contributed by atoms with Crippen molar-refractivity contribution in [3.63, 3.8) is 0 Å². The van der Waals surface area contributed by atoms with Gasteiger partial charge in [0, 0.05) is 50.2 Å². The molecule has 37 heavy (non-hydrogen) atoms. The molecule has 1 aromatic heterocycles. The van der Waals surface area contributed by atoms with Crippen molar-refractivity contribution >= 4 is 28.6 Å². The van der Waals surface area contributed by atoms with Crippen LogP contribution in [0, 0.1) is 29.0 Å². The van der Waals surface area contributed by atoms with E-state index in [4.69, 9.17) is 16.6 Å². The van der Waals surface area contributed by atoms with Gasteiger partial charge in [-0.25, -0.2) is 9.37 Å². The molecule has 1 aliphatic heterocycles. The quantitative estimate of drug-likeness (QED) is 0.473. The number of nitrogens with zero attached hydrogens (tertiary/aromatic N) is 5. The minimum atomic E-state index is -0.428. The van der Waals surface area contributed by atoms with Gasteiger partial charge in [0.15, 0.2) is 0 Å². The molecule has 3 aromatic rings. The third kappa shape index (κ3) is 4.29. The van der Waals surface area contributed by atoms with Crippen LogP contribution >= 0.6 is 11.6 Å². The number of benzene rings is 2. The van der Waals surface area contributed by atoms with Crippen LogP contribution in [0.1, 0.15) is 37.3 Å². The van der Waals surface area contributed by atoms with E-state index in [9.17, 15) is 9.65 Å². The lowest BCUT2D eigenvalue weighted by Gasteiger charge is -2.34. The lowest BCUT2D eigenvalue weighted by molar-refractivity contribution is 0.153. The molecule has 1 N–H and O–H groups in total. The number of hydrogen-bond acceptors (Lipinski definition) is 5. The lowest BCUT2D eigenvalue weighted by atomic mass is 9.90. The highest BCUT2D eigenvalue weighted by Gasteiger charge is 2.69. The smallest absolute Gasteiger partial charge is 0.204 e. The fourth-order valence-electron chi connectivity index (χ4n) is 7.20. The van der Waals surface area contributed by atoms with Crippen LogP contribution in [-0.2, 0) is 5.41 Å². The molecule has 6 rings (SSSR count). The summed E-state index contributed by atoms with van der Waals surface area (Å²) in [5, 5.41) is 9.34. The summed E-state index contributed by atoms with van der Waals surface area (Å²) in [7, 11) is 2.19. The summed E-state index contributed by atoms with van der Waals surface area (Å²) in [6.45, 7) is 8.81. The summed E-state index contributed by atoms with van der Waals surface area (Å²) in [6, 6.07) is 13.9. The van der Waals surface area contributed by atoms with Crippen molar-refractivity contribution in [3.8, 4) is 6.07 Å². The summed E-state index contributed by atoms with van der Waals surface area (Å²) in [6.07, 6.45) is 3.28. The van der Waals surface area contributed by atoms with E-state index < -0.39 is 5.82 Å². The van der Waals surface area contributed by atoms with Gasteiger partial charge >= 0.3 is 0 Å². The van der Waals surface area contributed by atoms with E-state index in [0.717, 1.165) is 64.5 Å². The zero-order valence-corrected chi connectivity index (χ0v) is 22.3. The second kappa shape index (κ2) is 9.58. The van der Waals surface area contributed by atoms with Crippen molar-refractivity contribution in [2.75, 3.05) is 51.2 Å². The van der Waals surface area contributed by atoms with E-state index >= 15 is 0 Å². The summed E-state index contributed by atoms with van der Waals surface area (Å²) in [4.78, 5) is 15.7. The second-order valence-electron chi connectivity index (χ2n) is 11.2. The topological polar surface area (TPSA) is 62.2 Å². The maximum atomic E-state index is 14.2. The molecule has 1 saturated heterocycles. The lowest BCUT2D eigenvalue weighted by Crippen LogP contribution is -2.45. The minimum Gasteiger partial charge on any atom is -0.339 e. The van der Waals surface area contributed by atoms with Gasteiger partial charge < -0.3 is 19.7 Å². The SMILES string of the molecule is C[C@@H]1C2[C@H](N(CCCN3CCN(C)CC3)c3nc4cc(Cl)c(F)cc4[nH]3)CCC21c1ccc(C#N)cc1. The van der Waals surface area contributed by atoms with Gasteiger partial charge in [0.25, 0.3) is 0 Å². The average Bonchev–Trinajstić information content (AvgIpc) is 3.19. The van der Waals surface area contributed by atoms with Crippen LogP contribution in [0.2, 0.25) is 5.02 Å². The zero-order chi connectivity index (χ0) is 25.7. The van der Waals surface area contributed by atoms with E-state index in [0.29, 0.717) is 34.5 Å². The number of nitrogens with one attached hydrogen (secondary N) is 1. The first kappa shape index (κ1) is 24.7. The zero-order valence-electron chi connectivity index (χ0n) is 21.6. The number of anilines is 1. The van der Waals surface area contributed by atoms with Crippen molar-refractivity contribution in [1.29, 1.82) is 5.26 Å². The van der Waals surface area contributed by atoms with Gasteiger partial charge in [-0.3, -0.25) is 0 Å². The summed E-state index contributed by atoms with van der Waals surface area (Å²) < 4.78 is 14.2. The van der Waals surface area contributed by atoms with Crippen molar-refractivity contribution in [1.82, 2.24) is 19.8 Å². The van der Waals surface area contributed by atoms with Crippen molar-refractivity contribution < 1.29 is 4.39 Å². The Morgan fingerprint density at radius 3 is 2.68 bits per heavy atom. The molecule has 2 aromatic carbocycles. The molecule has 3 fully saturated rings. The van der Waals surface area contributed by atoms with Gasteiger partial charge in [0.05, 0.1) is 27.7 Å². The first-order valence-electron chi connectivity index (χ1n) is 13.4. The van der Waals surface area contributed by atoms with Crippen LogP contribution < -0.4 is 4.90 Å². The highest BCUT2D eigenvalue weighted by molar-refractivity contribution is 6.31. The standard InChI is InChI=1S/C29H34ClFN6/c1-19-27-26(8-9-29(19,27)21-6-4-20(18-32)5-7-21)37(11-3-10-36-14-12-35(2)13-15-36)28-33-24-16-22(30)23(31)17-25(24)34-28/h4-7,16-17,19,26-27H,3,8-15H2,1-2H3,(H,33,34)/t19-,26-,27?,29?/m1/s1. The van der Waals surface area contributed by atoms with Crippen LogP contribution in [0.4, 0.5) is 10.3 Å². The number of halogens is 2. The molecule has 4 atom stereocenters. The van der Waals surface area contributed by atoms with E-state index in [1.54, 1.807) is 6.07 Å². The highest BCUT2D eigenvalue weighted by atomic mass is 35.5. The van der Waals surface area contributed by atoms with Crippen molar-refractivity contribution in [2.45, 2.75) is 37.6 Å². The molecule has 0 spiro atoms. The van der Waals surface area contributed by atoms with Gasteiger partial charge in [-0.15, -0.1) is 0 Å². The second-order valence-corrected chi connectivity index (χ2v) is 11.6. The van der Waals surface area contributed by atoms with Crippen LogP contribution in [-0.4, -0.2) is 72.1 Å². The normalized spacial score (nSPS) is 27.8. The molecule has 0 radical (unpaired) electrons. The number of aromatic nitrogens is 2. The Morgan fingerprint density at radius 2 is 1.97 bits per heavy atom. The van der Waals surface area contributed by atoms with E-state index in [1.807, 2.05) is 12.1 Å². The molecule has 6 nitrogen and oxygen atoms in total. The Balaban J connectivity index is 1.26. The molecule has 0 bridgehead atoms. The predicted octanol–water partition coefficient (Wildman–Crippen LogP) is 5.04. The molecule has 2 saturated carbocycles. The molecule has 2 aliphatic carbocycles. The fourth-order valence-corrected chi connectivity index (χ4v) is 7.36. The summed E-state index contributed by atoms with van der Waals surface area (Å²) >= 11 is 6.07. The number of rotatable bonds is 7. The number of fused-ring (bicyclic) bond motifs is 2. The van der Waals surface area contributed by atoms with E-state index in [2.05, 4.69) is 51.9 Å². The summed E-state index contributed by atoms with van der Waals surface area (Å²) in [5.41, 5.74) is 3.60. The first-order valence-corrected chi connectivity index (χ1v) is 13.8. The number of hydrogen-bond donors (Lipinski definition) is 1. The molecule has 2 heterocycles. The van der Waals surface area contributed by atoms with E-state index in [-0.39, 0.29) is 10.4 Å². The molecule has 2 unspecified atom stereocenters. The van der Waals surface area contributed by atoms with Crippen LogP contribution in [0.3, 0.4) is 0 Å². The number of aromatic amines is 1. The predicted molar refractivity (Wildman–Crippen MR) is 145 cm³/mol. The van der Waals surface area contributed by atoms with Gasteiger partial charge in [0.1, 0.15) is 5.82 Å². The van der Waals surface area contributed by atoms with Gasteiger partial charge in [-0.05, 0) is 68.5 Å². The Kier molecular flexibility index (Phi) is 6.38. The largest absolute Gasteiger partial charge is 0.339 e. The number of imidazole rings is 1. The molecular formula is C29H34ClFN6. The molecule has 8 heteroatoms. The fraction of sp³-hybridized carbons (Fsp3) is 0.517. The molecular weight excluding hydrogens is 487 g/mol. The molecule has 0 amide bonds. The summed E-state index contributed by atoms with van der Waals surface area (Å²) in [5.74, 6) is 1.48. The van der Waals surface area contributed by atoms with E-state index in [1.165, 1.54) is 11.6 Å².